The quantitative estimate of drug-likeness (QED) is 0.625. The first-order valence-corrected chi connectivity index (χ1v) is 4.04. The van der Waals surface area contributed by atoms with Crippen LogP contribution in [0.25, 0.3) is 0 Å². The third-order valence-corrected chi connectivity index (χ3v) is 1.64. The third kappa shape index (κ3) is 1.63. The predicted octanol–water partition coefficient (Wildman–Crippen LogP) is 0.427. The van der Waals surface area contributed by atoms with E-state index in [1.165, 1.54) is 6.20 Å². The molecule has 0 bridgehead atoms. The van der Waals surface area contributed by atoms with Crippen LogP contribution in [0.4, 0.5) is 0 Å². The van der Waals surface area contributed by atoms with E-state index in [1.807, 2.05) is 13.8 Å². The van der Waals surface area contributed by atoms with Gasteiger partial charge in [0, 0.05) is 6.20 Å². The number of ether oxygens (including phenoxy) is 1. The molecule has 0 saturated carbocycles. The van der Waals surface area contributed by atoms with Crippen LogP contribution in [0.2, 0.25) is 0 Å². The molecular formula is C8H10N4O. The van der Waals surface area contributed by atoms with Crippen molar-refractivity contribution in [2.75, 3.05) is 6.61 Å². The van der Waals surface area contributed by atoms with Crippen molar-refractivity contribution in [2.45, 2.75) is 19.4 Å². The number of hydrogen-bond donors (Lipinski definition) is 0. The molecule has 0 amide bonds. The number of aliphatic imine (C=N–C) groups is 1. The normalized spacial score (nSPS) is 19.4. The van der Waals surface area contributed by atoms with E-state index in [4.69, 9.17) is 4.74 Å². The van der Waals surface area contributed by atoms with E-state index in [0.717, 1.165) is 0 Å². The van der Waals surface area contributed by atoms with Crippen molar-refractivity contribution < 1.29 is 4.74 Å². The number of hydrogen-bond acceptors (Lipinski definition) is 5. The smallest absolute Gasteiger partial charge is 0.257 e. The summed E-state index contributed by atoms with van der Waals surface area (Å²) in [6, 6.07) is 0. The molecule has 0 aliphatic carbocycles. The summed E-state index contributed by atoms with van der Waals surface area (Å²) in [5.41, 5.74) is -0.172. The minimum absolute atomic E-state index is 0.172. The summed E-state index contributed by atoms with van der Waals surface area (Å²) in [6.45, 7) is 4.56. The van der Waals surface area contributed by atoms with Crippen molar-refractivity contribution in [1.29, 1.82) is 0 Å². The minimum Gasteiger partial charge on any atom is -0.473 e. The van der Waals surface area contributed by atoms with Crippen LogP contribution in [-0.4, -0.2) is 33.2 Å². The highest BCUT2D eigenvalue weighted by Crippen LogP contribution is 2.18. The Hall–Kier alpha value is -1.52. The van der Waals surface area contributed by atoms with E-state index in [2.05, 4.69) is 20.2 Å². The molecule has 0 spiro atoms. The maximum absolute atomic E-state index is 5.34. The predicted molar refractivity (Wildman–Crippen MR) is 46.4 cm³/mol. The molecule has 68 valence electrons. The van der Waals surface area contributed by atoms with Crippen LogP contribution in [0.5, 0.6) is 0 Å². The number of rotatable bonds is 1. The molecular weight excluding hydrogens is 168 g/mol. The van der Waals surface area contributed by atoms with Crippen LogP contribution in [-0.2, 0) is 4.74 Å². The molecule has 0 N–H and O–H groups in total. The summed E-state index contributed by atoms with van der Waals surface area (Å²) < 4.78 is 5.34. The Morgan fingerprint density at radius 1 is 1.38 bits per heavy atom. The first-order valence-electron chi connectivity index (χ1n) is 4.04. The Labute approximate surface area is 75.9 Å². The van der Waals surface area contributed by atoms with Gasteiger partial charge in [0.15, 0.2) is 0 Å². The molecule has 0 unspecified atom stereocenters. The lowest BCUT2D eigenvalue weighted by molar-refractivity contribution is 0.278. The first kappa shape index (κ1) is 8.10. The highest BCUT2D eigenvalue weighted by atomic mass is 16.5. The molecule has 13 heavy (non-hydrogen) atoms. The summed E-state index contributed by atoms with van der Waals surface area (Å²) >= 11 is 0. The molecule has 0 fully saturated rings. The molecule has 0 saturated heterocycles. The lowest BCUT2D eigenvalue weighted by Gasteiger charge is -2.07. The molecule has 0 aromatic carbocycles. The molecule has 5 nitrogen and oxygen atoms in total. The van der Waals surface area contributed by atoms with Gasteiger partial charge in [-0.1, -0.05) is 0 Å². The monoisotopic (exact) mass is 178 g/mol. The van der Waals surface area contributed by atoms with E-state index in [1.54, 1.807) is 6.20 Å². The van der Waals surface area contributed by atoms with Crippen molar-refractivity contribution in [3.8, 4) is 0 Å². The van der Waals surface area contributed by atoms with Crippen LogP contribution in [0.1, 0.15) is 19.7 Å². The molecule has 2 rings (SSSR count). The zero-order valence-electron chi connectivity index (χ0n) is 7.56. The van der Waals surface area contributed by atoms with Gasteiger partial charge in [0.1, 0.15) is 6.61 Å². The third-order valence-electron chi connectivity index (χ3n) is 1.64. The maximum atomic E-state index is 5.34. The summed E-state index contributed by atoms with van der Waals surface area (Å²) in [5.74, 6) is 0.936. The van der Waals surface area contributed by atoms with Crippen molar-refractivity contribution in [3.05, 3.63) is 18.2 Å². The highest BCUT2D eigenvalue weighted by Gasteiger charge is 2.28. The Bertz CT molecular complexity index is 333. The van der Waals surface area contributed by atoms with Crippen molar-refractivity contribution in [1.82, 2.24) is 15.2 Å². The van der Waals surface area contributed by atoms with Crippen LogP contribution < -0.4 is 0 Å². The van der Waals surface area contributed by atoms with E-state index in [-0.39, 0.29) is 5.54 Å². The highest BCUT2D eigenvalue weighted by molar-refractivity contribution is 5.91. The second-order valence-corrected chi connectivity index (χ2v) is 3.48. The molecule has 2 heterocycles. The van der Waals surface area contributed by atoms with Gasteiger partial charge >= 0.3 is 0 Å². The fraction of sp³-hybridized carbons (Fsp3) is 0.500. The van der Waals surface area contributed by atoms with Gasteiger partial charge in [-0.2, -0.15) is 5.10 Å². The molecule has 0 radical (unpaired) electrons. The Balaban J connectivity index is 2.30. The van der Waals surface area contributed by atoms with Gasteiger partial charge in [-0.25, -0.2) is 9.98 Å². The minimum atomic E-state index is -0.172. The van der Waals surface area contributed by atoms with E-state index >= 15 is 0 Å². The second-order valence-electron chi connectivity index (χ2n) is 3.48. The Morgan fingerprint density at radius 2 is 2.23 bits per heavy atom. The molecule has 1 aliphatic rings. The SMILES string of the molecule is CC1(C)COC(c2nccnn2)=N1. The van der Waals surface area contributed by atoms with Crippen LogP contribution in [0.15, 0.2) is 17.4 Å². The second kappa shape index (κ2) is 2.76. The van der Waals surface area contributed by atoms with Gasteiger partial charge in [0.2, 0.25) is 5.82 Å². The van der Waals surface area contributed by atoms with Gasteiger partial charge in [0.25, 0.3) is 5.90 Å². The van der Waals surface area contributed by atoms with Gasteiger partial charge in [-0.3, -0.25) is 0 Å². The van der Waals surface area contributed by atoms with Crippen molar-refractivity contribution in [2.24, 2.45) is 4.99 Å². The zero-order chi connectivity index (χ0) is 9.31. The van der Waals surface area contributed by atoms with Crippen molar-refractivity contribution in [3.63, 3.8) is 0 Å². The Morgan fingerprint density at radius 3 is 2.77 bits per heavy atom. The summed E-state index contributed by atoms with van der Waals surface area (Å²) in [5, 5.41) is 7.51. The molecule has 1 aromatic heterocycles. The van der Waals surface area contributed by atoms with E-state index in [9.17, 15) is 0 Å². The topological polar surface area (TPSA) is 60.3 Å². The largest absolute Gasteiger partial charge is 0.473 e. The average Bonchev–Trinajstić information content (AvgIpc) is 2.48. The lowest BCUT2D eigenvalue weighted by Crippen LogP contribution is -2.17. The van der Waals surface area contributed by atoms with Crippen LogP contribution >= 0.6 is 0 Å². The van der Waals surface area contributed by atoms with Gasteiger partial charge in [-0.05, 0) is 13.8 Å². The molecule has 1 aliphatic heterocycles. The number of nitrogens with zero attached hydrogens (tertiary/aromatic N) is 4. The maximum Gasteiger partial charge on any atom is 0.257 e. The van der Waals surface area contributed by atoms with Gasteiger partial charge in [0.05, 0.1) is 11.7 Å². The standard InChI is InChI=1S/C8H10N4O/c1-8(2)5-13-7(11-8)6-9-3-4-10-12-6/h3-4H,5H2,1-2H3. The van der Waals surface area contributed by atoms with Gasteiger partial charge < -0.3 is 4.74 Å². The summed E-state index contributed by atoms with van der Waals surface area (Å²) in [4.78, 5) is 8.32. The lowest BCUT2D eigenvalue weighted by atomic mass is 10.1. The fourth-order valence-electron chi connectivity index (χ4n) is 1.04. The number of aromatic nitrogens is 3. The zero-order valence-corrected chi connectivity index (χ0v) is 7.56. The van der Waals surface area contributed by atoms with E-state index in [0.29, 0.717) is 18.3 Å². The molecule has 1 aromatic rings. The van der Waals surface area contributed by atoms with Crippen LogP contribution in [0, 0.1) is 0 Å². The van der Waals surface area contributed by atoms with E-state index < -0.39 is 0 Å². The Kier molecular flexibility index (Phi) is 1.72. The fourth-order valence-corrected chi connectivity index (χ4v) is 1.04. The first-order chi connectivity index (χ1) is 6.17. The van der Waals surface area contributed by atoms with Gasteiger partial charge in [-0.15, -0.1) is 5.10 Å². The summed E-state index contributed by atoms with van der Waals surface area (Å²) in [6.07, 6.45) is 3.09. The molecule has 5 heteroatoms. The average molecular weight is 178 g/mol. The van der Waals surface area contributed by atoms with Crippen LogP contribution in [0.3, 0.4) is 0 Å². The summed E-state index contributed by atoms with van der Waals surface area (Å²) in [7, 11) is 0. The van der Waals surface area contributed by atoms with Crippen molar-refractivity contribution >= 4 is 5.90 Å². The molecule has 0 atom stereocenters.